The number of para-hydroxylation sites is 1. The summed E-state index contributed by atoms with van der Waals surface area (Å²) >= 11 is 0. The Hall–Kier alpha value is -1.65. The summed E-state index contributed by atoms with van der Waals surface area (Å²) in [6.07, 6.45) is 2.38. The summed E-state index contributed by atoms with van der Waals surface area (Å²) in [5.74, 6) is 6.83. The molecule has 0 fully saturated rings. The highest BCUT2D eigenvalue weighted by atomic mass is 16.5. The number of aromatic nitrogens is 1. The number of fused-ring (bicyclic) bond motifs is 1. The van der Waals surface area contributed by atoms with E-state index in [0.29, 0.717) is 18.3 Å². The molecule has 4 heteroatoms. The fraction of sp³-hybridized carbons (Fsp3) is 0.438. The van der Waals surface area contributed by atoms with Gasteiger partial charge in [-0.3, -0.25) is 0 Å². The van der Waals surface area contributed by atoms with Crippen molar-refractivity contribution < 1.29 is 4.74 Å². The van der Waals surface area contributed by atoms with Gasteiger partial charge in [0.05, 0.1) is 12.1 Å². The molecule has 20 heavy (non-hydrogen) atoms. The average molecular weight is 273 g/mol. The fourth-order valence-corrected chi connectivity index (χ4v) is 2.34. The lowest BCUT2D eigenvalue weighted by Crippen LogP contribution is -2.13. The van der Waals surface area contributed by atoms with Crippen molar-refractivity contribution in [1.29, 1.82) is 0 Å². The first kappa shape index (κ1) is 14.8. The lowest BCUT2D eigenvalue weighted by Gasteiger charge is -2.13. The second kappa shape index (κ2) is 7.22. The highest BCUT2D eigenvalue weighted by Gasteiger charge is 2.07. The zero-order valence-corrected chi connectivity index (χ0v) is 12.2. The molecule has 1 heterocycles. The highest BCUT2D eigenvalue weighted by Crippen LogP contribution is 2.21. The Morgan fingerprint density at radius 3 is 2.90 bits per heavy atom. The molecule has 2 aromatic rings. The Labute approximate surface area is 120 Å². The molecule has 0 saturated heterocycles. The summed E-state index contributed by atoms with van der Waals surface area (Å²) in [5.41, 5.74) is 4.59. The van der Waals surface area contributed by atoms with E-state index in [1.165, 1.54) is 12.8 Å². The Bertz CT molecular complexity index is 556. The van der Waals surface area contributed by atoms with Gasteiger partial charge >= 0.3 is 0 Å². The van der Waals surface area contributed by atoms with Crippen LogP contribution in [0.15, 0.2) is 30.3 Å². The molecule has 0 bridgehead atoms. The van der Waals surface area contributed by atoms with Gasteiger partial charge in [-0.05, 0) is 24.5 Å². The summed E-state index contributed by atoms with van der Waals surface area (Å²) in [7, 11) is 0. The van der Waals surface area contributed by atoms with Gasteiger partial charge in [0.1, 0.15) is 5.82 Å². The number of hydrogen-bond donors (Lipinski definition) is 2. The molecule has 0 saturated carbocycles. The minimum absolute atomic E-state index is 0.533. The fourth-order valence-electron chi connectivity index (χ4n) is 2.34. The first-order valence-corrected chi connectivity index (χ1v) is 7.17. The summed E-state index contributed by atoms with van der Waals surface area (Å²) in [5, 5.41) is 1.10. The Morgan fingerprint density at radius 2 is 2.15 bits per heavy atom. The summed E-state index contributed by atoms with van der Waals surface area (Å²) in [6, 6.07) is 10.1. The van der Waals surface area contributed by atoms with E-state index < -0.39 is 0 Å². The zero-order valence-electron chi connectivity index (χ0n) is 12.2. The van der Waals surface area contributed by atoms with Crippen LogP contribution >= 0.6 is 0 Å². The van der Waals surface area contributed by atoms with Crippen LogP contribution in [-0.4, -0.2) is 11.6 Å². The molecule has 1 atom stereocenters. The van der Waals surface area contributed by atoms with Crippen molar-refractivity contribution in [3.8, 4) is 0 Å². The molecule has 108 valence electrons. The predicted molar refractivity (Wildman–Crippen MR) is 83.3 cm³/mol. The second-order valence-electron chi connectivity index (χ2n) is 5.24. The molecule has 0 spiro atoms. The van der Waals surface area contributed by atoms with Crippen molar-refractivity contribution in [3.63, 3.8) is 0 Å². The third-order valence-corrected chi connectivity index (χ3v) is 3.38. The van der Waals surface area contributed by atoms with Crippen LogP contribution in [-0.2, 0) is 11.3 Å². The maximum atomic E-state index is 5.79. The number of pyridine rings is 1. The average Bonchev–Trinajstić information content (AvgIpc) is 2.46. The Morgan fingerprint density at radius 1 is 1.35 bits per heavy atom. The van der Waals surface area contributed by atoms with Gasteiger partial charge in [-0.15, -0.1) is 0 Å². The number of rotatable bonds is 7. The predicted octanol–water partition coefficient (Wildman–Crippen LogP) is 3.47. The number of hydrogen-bond acceptors (Lipinski definition) is 4. The van der Waals surface area contributed by atoms with Crippen LogP contribution < -0.4 is 11.3 Å². The second-order valence-corrected chi connectivity index (χ2v) is 5.24. The van der Waals surface area contributed by atoms with Crippen LogP contribution in [0.25, 0.3) is 10.9 Å². The van der Waals surface area contributed by atoms with E-state index in [1.807, 2.05) is 24.3 Å². The van der Waals surface area contributed by atoms with Gasteiger partial charge in [-0.1, -0.05) is 38.5 Å². The quantitative estimate of drug-likeness (QED) is 0.599. The number of anilines is 1. The first-order chi connectivity index (χ1) is 9.74. The van der Waals surface area contributed by atoms with Crippen molar-refractivity contribution in [2.24, 2.45) is 11.8 Å². The number of nitrogens with one attached hydrogen (secondary N) is 1. The van der Waals surface area contributed by atoms with Crippen molar-refractivity contribution in [2.75, 3.05) is 12.0 Å². The van der Waals surface area contributed by atoms with Crippen LogP contribution in [0.1, 0.15) is 32.3 Å². The molecule has 0 amide bonds. The molecule has 1 unspecified atom stereocenters. The van der Waals surface area contributed by atoms with Gasteiger partial charge in [0.15, 0.2) is 0 Å². The lowest BCUT2D eigenvalue weighted by atomic mass is 10.1. The molecule has 0 aliphatic heterocycles. The zero-order chi connectivity index (χ0) is 14.4. The molecule has 1 aromatic carbocycles. The lowest BCUT2D eigenvalue weighted by molar-refractivity contribution is 0.0896. The molecule has 3 N–H and O–H groups in total. The van der Waals surface area contributed by atoms with E-state index in [-0.39, 0.29) is 0 Å². The van der Waals surface area contributed by atoms with Gasteiger partial charge in [-0.25, -0.2) is 10.8 Å². The normalized spacial score (nSPS) is 12.6. The van der Waals surface area contributed by atoms with Crippen LogP contribution in [0.3, 0.4) is 0 Å². The topological polar surface area (TPSA) is 60.2 Å². The number of benzene rings is 1. The Balaban J connectivity index is 2.08. The minimum atomic E-state index is 0.533. The number of ether oxygens (including phenoxy) is 1. The summed E-state index contributed by atoms with van der Waals surface area (Å²) < 4.78 is 5.79. The van der Waals surface area contributed by atoms with Gasteiger partial charge in [0.2, 0.25) is 0 Å². The van der Waals surface area contributed by atoms with E-state index in [2.05, 4.69) is 30.3 Å². The molecule has 4 nitrogen and oxygen atoms in total. The number of nitrogens with two attached hydrogens (primary N) is 1. The van der Waals surface area contributed by atoms with E-state index >= 15 is 0 Å². The maximum Gasteiger partial charge on any atom is 0.146 e. The Kier molecular flexibility index (Phi) is 5.32. The van der Waals surface area contributed by atoms with Crippen LogP contribution in [0, 0.1) is 5.92 Å². The molecule has 1 aromatic heterocycles. The maximum absolute atomic E-state index is 5.79. The van der Waals surface area contributed by atoms with E-state index in [1.54, 1.807) is 0 Å². The largest absolute Gasteiger partial charge is 0.376 e. The van der Waals surface area contributed by atoms with E-state index in [4.69, 9.17) is 10.6 Å². The molecule has 0 radical (unpaired) electrons. The van der Waals surface area contributed by atoms with Crippen LogP contribution in [0.2, 0.25) is 0 Å². The van der Waals surface area contributed by atoms with Gasteiger partial charge in [0.25, 0.3) is 0 Å². The van der Waals surface area contributed by atoms with E-state index in [0.717, 1.165) is 23.1 Å². The number of nitrogens with zero attached hydrogens (tertiary/aromatic N) is 1. The van der Waals surface area contributed by atoms with Gasteiger partial charge < -0.3 is 10.2 Å². The molecular formula is C16H23N3O. The number of hydrazine groups is 1. The van der Waals surface area contributed by atoms with Crippen LogP contribution in [0.4, 0.5) is 5.82 Å². The summed E-state index contributed by atoms with van der Waals surface area (Å²) in [4.78, 5) is 4.51. The molecule has 0 aliphatic carbocycles. The summed E-state index contributed by atoms with van der Waals surface area (Å²) in [6.45, 7) is 5.71. The number of nitrogen functional groups attached to an aromatic ring is 1. The minimum Gasteiger partial charge on any atom is -0.376 e. The van der Waals surface area contributed by atoms with Gasteiger partial charge in [0, 0.05) is 17.6 Å². The third-order valence-electron chi connectivity index (χ3n) is 3.38. The van der Waals surface area contributed by atoms with Crippen LogP contribution in [0.5, 0.6) is 0 Å². The molecule has 2 rings (SSSR count). The molecular weight excluding hydrogens is 250 g/mol. The highest BCUT2D eigenvalue weighted by molar-refractivity contribution is 5.81. The van der Waals surface area contributed by atoms with Crippen molar-refractivity contribution >= 4 is 16.7 Å². The van der Waals surface area contributed by atoms with Crippen molar-refractivity contribution in [2.45, 2.75) is 33.3 Å². The van der Waals surface area contributed by atoms with Crippen molar-refractivity contribution in [1.82, 2.24) is 4.98 Å². The third kappa shape index (κ3) is 3.68. The monoisotopic (exact) mass is 273 g/mol. The SMILES string of the molecule is CCCC(C)COCc1cc2ccccc2nc1NN. The van der Waals surface area contributed by atoms with Gasteiger partial charge in [-0.2, -0.15) is 0 Å². The smallest absolute Gasteiger partial charge is 0.146 e. The standard InChI is InChI=1S/C16H23N3O/c1-3-6-12(2)10-20-11-14-9-13-7-4-5-8-15(13)18-16(14)19-17/h4-5,7-9,12H,3,6,10-11,17H2,1-2H3,(H,18,19). The van der Waals surface area contributed by atoms with Crippen molar-refractivity contribution in [3.05, 3.63) is 35.9 Å². The van der Waals surface area contributed by atoms with E-state index in [9.17, 15) is 0 Å². The molecule has 0 aliphatic rings. The first-order valence-electron chi connectivity index (χ1n) is 7.17.